The lowest BCUT2D eigenvalue weighted by molar-refractivity contribution is -0.178. The maximum atomic E-state index is 14.1. The molecule has 0 aromatic heterocycles. The molecule has 2 N–H and O–H groups in total. The molecular formula is C13H16FNO3. The van der Waals surface area contributed by atoms with Crippen LogP contribution < -0.4 is 5.73 Å². The smallest absolute Gasteiger partial charge is 0.176 e. The van der Waals surface area contributed by atoms with Crippen molar-refractivity contribution in [2.75, 3.05) is 6.61 Å². The Labute approximate surface area is 105 Å². The third-order valence-electron chi connectivity index (χ3n) is 3.38. The second-order valence-electron chi connectivity index (χ2n) is 4.66. The van der Waals surface area contributed by atoms with Crippen LogP contribution in [0.1, 0.15) is 5.56 Å². The summed E-state index contributed by atoms with van der Waals surface area (Å²) in [5.41, 5.74) is 6.71. The number of ether oxygens (including phenoxy) is 3. The van der Waals surface area contributed by atoms with Crippen molar-refractivity contribution >= 4 is 0 Å². The Bertz CT molecular complexity index is 402. The molecule has 4 nitrogen and oxygen atoms in total. The second-order valence-corrected chi connectivity index (χ2v) is 4.66. The summed E-state index contributed by atoms with van der Waals surface area (Å²) >= 11 is 0. The number of rotatable bonds is 3. The highest BCUT2D eigenvalue weighted by Crippen LogP contribution is 2.31. The minimum absolute atomic E-state index is 0.345. The van der Waals surface area contributed by atoms with Crippen LogP contribution in [0.2, 0.25) is 0 Å². The summed E-state index contributed by atoms with van der Waals surface area (Å²) in [5.74, 6) is 0. The first kappa shape index (κ1) is 12.0. The fourth-order valence-corrected chi connectivity index (χ4v) is 2.35. The molecule has 1 aromatic carbocycles. The molecule has 0 aliphatic carbocycles. The van der Waals surface area contributed by atoms with Gasteiger partial charge in [0.25, 0.3) is 0 Å². The monoisotopic (exact) mass is 253 g/mol. The van der Waals surface area contributed by atoms with Crippen LogP contribution >= 0.6 is 0 Å². The molecular weight excluding hydrogens is 237 g/mol. The van der Waals surface area contributed by atoms with Gasteiger partial charge in [0.05, 0.1) is 19.3 Å². The molecule has 3 rings (SSSR count). The van der Waals surface area contributed by atoms with Crippen LogP contribution in [0.25, 0.3) is 0 Å². The molecule has 2 heterocycles. The van der Waals surface area contributed by atoms with Crippen LogP contribution in [0, 0.1) is 0 Å². The Balaban J connectivity index is 1.65. The van der Waals surface area contributed by atoms with E-state index < -0.39 is 24.6 Å². The number of fused-ring (bicyclic) bond motifs is 2. The fraction of sp³-hybridized carbons (Fsp3) is 0.538. The van der Waals surface area contributed by atoms with Gasteiger partial charge in [-0.05, 0) is 5.56 Å². The van der Waals surface area contributed by atoms with E-state index >= 15 is 0 Å². The third-order valence-corrected chi connectivity index (χ3v) is 3.38. The van der Waals surface area contributed by atoms with Crippen molar-refractivity contribution in [1.29, 1.82) is 0 Å². The van der Waals surface area contributed by atoms with E-state index in [1.54, 1.807) is 0 Å². The average Bonchev–Trinajstić information content (AvgIpc) is 2.84. The standard InChI is InChI=1S/C13H16FNO3/c14-10-11(15)13-17-7-9(18-13)12(10)16-6-8-4-2-1-3-5-8/h1-5,9-13H,6-7,15H2/t9-,10-,11-,12-,13-/m1/s1. The van der Waals surface area contributed by atoms with E-state index in [1.165, 1.54) is 0 Å². The number of nitrogens with two attached hydrogens (primary N) is 1. The van der Waals surface area contributed by atoms with Crippen LogP contribution in [0.15, 0.2) is 30.3 Å². The predicted molar refractivity (Wildman–Crippen MR) is 62.5 cm³/mol. The van der Waals surface area contributed by atoms with Crippen molar-refractivity contribution < 1.29 is 18.6 Å². The topological polar surface area (TPSA) is 53.7 Å². The summed E-state index contributed by atoms with van der Waals surface area (Å²) in [5, 5.41) is 0. The molecule has 0 saturated carbocycles. The Morgan fingerprint density at radius 2 is 2.11 bits per heavy atom. The van der Waals surface area contributed by atoms with Gasteiger partial charge in [0, 0.05) is 0 Å². The van der Waals surface area contributed by atoms with Gasteiger partial charge >= 0.3 is 0 Å². The molecule has 18 heavy (non-hydrogen) atoms. The molecule has 98 valence electrons. The van der Waals surface area contributed by atoms with E-state index in [2.05, 4.69) is 0 Å². The van der Waals surface area contributed by atoms with Gasteiger partial charge in [-0.25, -0.2) is 4.39 Å². The predicted octanol–water partition coefficient (Wildman–Crippen LogP) is 0.992. The summed E-state index contributed by atoms with van der Waals surface area (Å²) in [6, 6.07) is 8.86. The van der Waals surface area contributed by atoms with Crippen LogP contribution in [-0.4, -0.2) is 37.3 Å². The van der Waals surface area contributed by atoms with Gasteiger partial charge < -0.3 is 19.9 Å². The third kappa shape index (κ3) is 2.14. The molecule has 0 amide bonds. The van der Waals surface area contributed by atoms with Crippen LogP contribution in [0.5, 0.6) is 0 Å². The largest absolute Gasteiger partial charge is 0.368 e. The lowest BCUT2D eigenvalue weighted by atomic mass is 10.0. The summed E-state index contributed by atoms with van der Waals surface area (Å²) in [6.07, 6.45) is -2.88. The number of hydrogen-bond donors (Lipinski definition) is 1. The summed E-state index contributed by atoms with van der Waals surface area (Å²) in [7, 11) is 0. The first-order chi connectivity index (χ1) is 8.75. The second kappa shape index (κ2) is 4.93. The van der Waals surface area contributed by atoms with Crippen LogP contribution in [0.4, 0.5) is 4.39 Å². The Morgan fingerprint density at radius 3 is 2.89 bits per heavy atom. The summed E-state index contributed by atoms with van der Waals surface area (Å²) < 4.78 is 30.4. The summed E-state index contributed by atoms with van der Waals surface area (Å²) in [6.45, 7) is 0.696. The van der Waals surface area contributed by atoms with E-state index in [9.17, 15) is 4.39 Å². The van der Waals surface area contributed by atoms with Crippen molar-refractivity contribution in [3.05, 3.63) is 35.9 Å². The molecule has 0 spiro atoms. The van der Waals surface area contributed by atoms with Gasteiger partial charge in [0.2, 0.25) is 0 Å². The Morgan fingerprint density at radius 1 is 1.33 bits per heavy atom. The van der Waals surface area contributed by atoms with Crippen molar-refractivity contribution in [1.82, 2.24) is 0 Å². The number of hydrogen-bond acceptors (Lipinski definition) is 4. The van der Waals surface area contributed by atoms with Crippen molar-refractivity contribution in [3.63, 3.8) is 0 Å². The first-order valence-corrected chi connectivity index (χ1v) is 6.08. The zero-order chi connectivity index (χ0) is 12.5. The van der Waals surface area contributed by atoms with Gasteiger partial charge in [0.1, 0.15) is 18.4 Å². The van der Waals surface area contributed by atoms with E-state index in [0.29, 0.717) is 13.2 Å². The number of alkyl halides is 1. The van der Waals surface area contributed by atoms with Crippen LogP contribution in [0.3, 0.4) is 0 Å². The molecule has 2 aliphatic heterocycles. The molecule has 2 saturated heterocycles. The van der Waals surface area contributed by atoms with Gasteiger partial charge in [0.15, 0.2) is 6.29 Å². The molecule has 0 radical (unpaired) electrons. The molecule has 5 atom stereocenters. The molecule has 2 aliphatic rings. The summed E-state index contributed by atoms with van der Waals surface area (Å²) in [4.78, 5) is 0. The molecule has 5 heteroatoms. The molecule has 2 bridgehead atoms. The first-order valence-electron chi connectivity index (χ1n) is 6.08. The minimum atomic E-state index is -1.25. The van der Waals surface area contributed by atoms with E-state index in [0.717, 1.165) is 5.56 Å². The van der Waals surface area contributed by atoms with E-state index in [1.807, 2.05) is 30.3 Å². The molecule has 2 fully saturated rings. The van der Waals surface area contributed by atoms with E-state index in [-0.39, 0.29) is 6.10 Å². The quantitative estimate of drug-likeness (QED) is 0.873. The lowest BCUT2D eigenvalue weighted by Gasteiger charge is -2.34. The maximum Gasteiger partial charge on any atom is 0.176 e. The normalized spacial score (nSPS) is 38.9. The average molecular weight is 253 g/mol. The highest BCUT2D eigenvalue weighted by Gasteiger charge is 2.50. The highest BCUT2D eigenvalue weighted by molar-refractivity contribution is 5.13. The van der Waals surface area contributed by atoms with Crippen molar-refractivity contribution in [2.24, 2.45) is 5.73 Å². The van der Waals surface area contributed by atoms with Crippen molar-refractivity contribution in [3.8, 4) is 0 Å². The fourth-order valence-electron chi connectivity index (χ4n) is 2.35. The van der Waals surface area contributed by atoms with Gasteiger partial charge in [-0.1, -0.05) is 30.3 Å². The lowest BCUT2D eigenvalue weighted by Crippen LogP contribution is -2.56. The Kier molecular flexibility index (Phi) is 3.30. The van der Waals surface area contributed by atoms with Gasteiger partial charge in [-0.15, -0.1) is 0 Å². The zero-order valence-electron chi connectivity index (χ0n) is 9.87. The Hall–Kier alpha value is -1.01. The van der Waals surface area contributed by atoms with Gasteiger partial charge in [-0.3, -0.25) is 0 Å². The number of halogens is 1. The van der Waals surface area contributed by atoms with Gasteiger partial charge in [-0.2, -0.15) is 0 Å². The maximum absolute atomic E-state index is 14.1. The SMILES string of the molecule is N[C@H]1[C@@H]2OC[C@@H](O2)[C@@H](OCc2ccccc2)[C@@H]1F. The molecule has 1 aromatic rings. The minimum Gasteiger partial charge on any atom is -0.368 e. The molecule has 0 unspecified atom stereocenters. The highest BCUT2D eigenvalue weighted by atomic mass is 19.1. The van der Waals surface area contributed by atoms with Crippen LogP contribution in [-0.2, 0) is 20.8 Å². The van der Waals surface area contributed by atoms with Crippen molar-refractivity contribution in [2.45, 2.75) is 37.3 Å². The number of benzene rings is 1. The zero-order valence-corrected chi connectivity index (χ0v) is 9.87. The van der Waals surface area contributed by atoms with E-state index in [4.69, 9.17) is 19.9 Å².